The van der Waals surface area contributed by atoms with E-state index in [2.05, 4.69) is 29.1 Å². The average Bonchev–Trinajstić information content (AvgIpc) is 3.07. The quantitative estimate of drug-likeness (QED) is 0.556. The molecule has 2 rings (SSSR count). The molecule has 1 aliphatic rings. The Hall–Kier alpha value is -1.75. The molecule has 0 spiro atoms. The van der Waals surface area contributed by atoms with Crippen LogP contribution < -0.4 is 15.8 Å². The lowest BCUT2D eigenvalue weighted by atomic mass is 10.0. The number of nitrogens with one attached hydrogen (secondary N) is 1. The monoisotopic (exact) mass is 346 g/mol. The topological polar surface area (TPSA) is 62.9 Å². The summed E-state index contributed by atoms with van der Waals surface area (Å²) in [4.78, 5) is 7.16. The lowest BCUT2D eigenvalue weighted by molar-refractivity contribution is 0.218. The third-order valence-electron chi connectivity index (χ3n) is 4.37. The van der Waals surface area contributed by atoms with Gasteiger partial charge in [-0.1, -0.05) is 13.8 Å². The zero-order valence-corrected chi connectivity index (χ0v) is 16.2. The first-order valence-electron chi connectivity index (χ1n) is 9.51. The fraction of sp³-hybridized carbons (Fsp3) is 0.650. The molecular formula is C20H34N4O. The average molecular weight is 347 g/mol. The molecule has 1 atom stereocenters. The molecular weight excluding hydrogens is 312 g/mol. The maximum atomic E-state index is 6.09. The minimum Gasteiger partial charge on any atom is -0.491 e. The first-order valence-corrected chi connectivity index (χ1v) is 9.51. The van der Waals surface area contributed by atoms with E-state index in [-0.39, 0.29) is 6.10 Å². The van der Waals surface area contributed by atoms with Gasteiger partial charge in [0.25, 0.3) is 0 Å². The van der Waals surface area contributed by atoms with E-state index in [4.69, 9.17) is 10.5 Å². The molecule has 1 saturated heterocycles. The number of hydrogen-bond donors (Lipinski definition) is 2. The number of ether oxygens (including phenoxy) is 1. The van der Waals surface area contributed by atoms with E-state index in [1.807, 2.05) is 38.1 Å². The van der Waals surface area contributed by atoms with Gasteiger partial charge in [-0.05, 0) is 76.4 Å². The Morgan fingerprint density at radius 1 is 1.16 bits per heavy atom. The van der Waals surface area contributed by atoms with E-state index in [0.717, 1.165) is 24.4 Å². The van der Waals surface area contributed by atoms with Crippen molar-refractivity contribution in [1.29, 1.82) is 0 Å². The molecule has 0 saturated carbocycles. The summed E-state index contributed by atoms with van der Waals surface area (Å²) in [6.45, 7) is 11.7. The number of nitrogens with two attached hydrogens (primary N) is 1. The number of aliphatic imine (C=N–C) groups is 1. The first kappa shape index (κ1) is 19.6. The fourth-order valence-corrected chi connectivity index (χ4v) is 3.27. The Kier molecular flexibility index (Phi) is 7.56. The van der Waals surface area contributed by atoms with Crippen LogP contribution >= 0.6 is 0 Å². The minimum absolute atomic E-state index is 0.175. The Bertz CT molecular complexity index is 533. The molecule has 25 heavy (non-hydrogen) atoms. The van der Waals surface area contributed by atoms with Crippen molar-refractivity contribution in [2.75, 3.05) is 25.0 Å². The van der Waals surface area contributed by atoms with Crippen molar-refractivity contribution in [3.8, 4) is 5.75 Å². The summed E-state index contributed by atoms with van der Waals surface area (Å²) in [7, 11) is 0. The predicted molar refractivity (Wildman–Crippen MR) is 106 cm³/mol. The number of hydrogen-bond acceptors (Lipinski definition) is 3. The zero-order valence-electron chi connectivity index (χ0n) is 16.2. The van der Waals surface area contributed by atoms with E-state index >= 15 is 0 Å². The maximum absolute atomic E-state index is 6.09. The van der Waals surface area contributed by atoms with Gasteiger partial charge in [0.15, 0.2) is 5.96 Å². The summed E-state index contributed by atoms with van der Waals surface area (Å²) >= 11 is 0. The van der Waals surface area contributed by atoms with E-state index in [0.29, 0.717) is 17.9 Å². The predicted octanol–water partition coefficient (Wildman–Crippen LogP) is 3.71. The van der Waals surface area contributed by atoms with Crippen LogP contribution in [0.15, 0.2) is 29.3 Å². The van der Waals surface area contributed by atoms with Crippen LogP contribution in [-0.4, -0.2) is 42.6 Å². The van der Waals surface area contributed by atoms with Crippen LogP contribution in [0.3, 0.4) is 0 Å². The number of guanidine groups is 1. The molecule has 1 aromatic carbocycles. The second-order valence-corrected chi connectivity index (χ2v) is 7.57. The minimum atomic E-state index is 0.175. The second-order valence-electron chi connectivity index (χ2n) is 7.57. The van der Waals surface area contributed by atoms with Crippen LogP contribution in [0.2, 0.25) is 0 Å². The molecule has 140 valence electrons. The number of rotatable bonds is 8. The third-order valence-corrected chi connectivity index (χ3v) is 4.37. The van der Waals surface area contributed by atoms with Gasteiger partial charge < -0.3 is 15.8 Å². The van der Waals surface area contributed by atoms with Crippen molar-refractivity contribution >= 4 is 11.6 Å². The van der Waals surface area contributed by atoms with Gasteiger partial charge in [-0.2, -0.15) is 0 Å². The summed E-state index contributed by atoms with van der Waals surface area (Å²) in [5.41, 5.74) is 7.02. The van der Waals surface area contributed by atoms with Gasteiger partial charge in [-0.3, -0.25) is 9.89 Å². The molecule has 0 amide bonds. The lowest BCUT2D eigenvalue weighted by Gasteiger charge is -2.27. The second kappa shape index (κ2) is 9.66. The standard InChI is InChI=1S/C20H34N4O/c1-15(2)13-18(24-11-5-6-12-24)14-22-20(21)23-17-7-9-19(10-8-17)25-16(3)4/h7-10,15-16,18H,5-6,11-14H2,1-4H3,(H3,21,22,23). The summed E-state index contributed by atoms with van der Waals surface area (Å²) in [6, 6.07) is 8.31. The molecule has 3 N–H and O–H groups in total. The smallest absolute Gasteiger partial charge is 0.193 e. The molecule has 0 aliphatic carbocycles. The summed E-state index contributed by atoms with van der Waals surface area (Å²) < 4.78 is 5.65. The third kappa shape index (κ3) is 6.94. The highest BCUT2D eigenvalue weighted by Gasteiger charge is 2.22. The van der Waals surface area contributed by atoms with E-state index in [1.165, 1.54) is 25.9 Å². The normalized spacial score (nSPS) is 17.3. The van der Waals surface area contributed by atoms with Crippen molar-refractivity contribution in [2.45, 2.75) is 59.1 Å². The SMILES string of the molecule is CC(C)CC(CN=C(N)Nc1ccc(OC(C)C)cc1)N1CCCC1. The fourth-order valence-electron chi connectivity index (χ4n) is 3.27. The lowest BCUT2D eigenvalue weighted by Crippen LogP contribution is -2.37. The van der Waals surface area contributed by atoms with Crippen LogP contribution in [0, 0.1) is 5.92 Å². The van der Waals surface area contributed by atoms with Crippen molar-refractivity contribution in [3.05, 3.63) is 24.3 Å². The Morgan fingerprint density at radius 3 is 2.36 bits per heavy atom. The highest BCUT2D eigenvalue weighted by Crippen LogP contribution is 2.19. The van der Waals surface area contributed by atoms with Crippen molar-refractivity contribution in [2.24, 2.45) is 16.6 Å². The molecule has 0 aromatic heterocycles. The molecule has 5 heteroatoms. The molecule has 1 heterocycles. The van der Waals surface area contributed by atoms with Crippen LogP contribution in [-0.2, 0) is 0 Å². The molecule has 1 aromatic rings. The number of nitrogens with zero attached hydrogens (tertiary/aromatic N) is 2. The summed E-state index contributed by atoms with van der Waals surface area (Å²) in [5, 5.41) is 3.18. The largest absolute Gasteiger partial charge is 0.491 e. The van der Waals surface area contributed by atoms with Crippen molar-refractivity contribution < 1.29 is 4.74 Å². The molecule has 0 bridgehead atoms. The van der Waals surface area contributed by atoms with Crippen LogP contribution in [0.1, 0.15) is 47.0 Å². The van der Waals surface area contributed by atoms with E-state index in [9.17, 15) is 0 Å². The summed E-state index contributed by atoms with van der Waals surface area (Å²) in [5.74, 6) is 2.01. The number of likely N-dealkylation sites (tertiary alicyclic amines) is 1. The Balaban J connectivity index is 1.90. The van der Waals surface area contributed by atoms with E-state index in [1.54, 1.807) is 0 Å². The zero-order chi connectivity index (χ0) is 18.2. The number of anilines is 1. The van der Waals surface area contributed by atoms with Crippen LogP contribution in [0.5, 0.6) is 5.75 Å². The van der Waals surface area contributed by atoms with Crippen LogP contribution in [0.25, 0.3) is 0 Å². The van der Waals surface area contributed by atoms with Gasteiger partial charge in [0, 0.05) is 11.7 Å². The number of benzene rings is 1. The van der Waals surface area contributed by atoms with Crippen LogP contribution in [0.4, 0.5) is 5.69 Å². The molecule has 5 nitrogen and oxygen atoms in total. The Labute approximate surface area is 152 Å². The molecule has 0 radical (unpaired) electrons. The van der Waals surface area contributed by atoms with Gasteiger partial charge in [0.1, 0.15) is 5.75 Å². The van der Waals surface area contributed by atoms with Gasteiger partial charge >= 0.3 is 0 Å². The van der Waals surface area contributed by atoms with Gasteiger partial charge in [-0.15, -0.1) is 0 Å². The van der Waals surface area contributed by atoms with Gasteiger partial charge in [0.2, 0.25) is 0 Å². The van der Waals surface area contributed by atoms with E-state index < -0.39 is 0 Å². The molecule has 1 fully saturated rings. The van der Waals surface area contributed by atoms with Gasteiger partial charge in [-0.25, -0.2) is 0 Å². The first-order chi connectivity index (χ1) is 11.9. The highest BCUT2D eigenvalue weighted by atomic mass is 16.5. The molecule has 1 unspecified atom stereocenters. The molecule has 1 aliphatic heterocycles. The maximum Gasteiger partial charge on any atom is 0.193 e. The van der Waals surface area contributed by atoms with Crippen molar-refractivity contribution in [3.63, 3.8) is 0 Å². The van der Waals surface area contributed by atoms with Crippen molar-refractivity contribution in [1.82, 2.24) is 4.90 Å². The Morgan fingerprint density at radius 2 is 1.80 bits per heavy atom. The van der Waals surface area contributed by atoms with Gasteiger partial charge in [0.05, 0.1) is 12.6 Å². The summed E-state index contributed by atoms with van der Waals surface area (Å²) in [6.07, 6.45) is 3.94. The highest BCUT2D eigenvalue weighted by molar-refractivity contribution is 5.92.